The highest BCUT2D eigenvalue weighted by Crippen LogP contribution is 2.36. The van der Waals surface area contributed by atoms with Crippen molar-refractivity contribution in [3.8, 4) is 0 Å². The zero-order valence-corrected chi connectivity index (χ0v) is 13.0. The Balaban J connectivity index is 3.55. The van der Waals surface area contributed by atoms with E-state index < -0.39 is 8.32 Å². The van der Waals surface area contributed by atoms with Crippen molar-refractivity contribution >= 4 is 14.3 Å². The van der Waals surface area contributed by atoms with Crippen LogP contribution >= 0.6 is 0 Å². The summed E-state index contributed by atoms with van der Waals surface area (Å²) >= 11 is 0. The summed E-state index contributed by atoms with van der Waals surface area (Å²) in [6, 6.07) is 0. The highest BCUT2D eigenvalue weighted by atomic mass is 28.4. The summed E-state index contributed by atoms with van der Waals surface area (Å²) in [4.78, 5) is 10.5. The number of carbonyl (C=O) groups is 1. The predicted molar refractivity (Wildman–Crippen MR) is 70.6 cm³/mol. The SMILES string of the molecule is CC(=O)OCCOCCO[Si](C)(C)C(C)(C)C. The minimum Gasteiger partial charge on any atom is -0.463 e. The molecule has 0 aromatic heterocycles. The molecule has 0 radical (unpaired) electrons. The molecule has 4 nitrogen and oxygen atoms in total. The van der Waals surface area contributed by atoms with Crippen molar-refractivity contribution in [3.63, 3.8) is 0 Å². The van der Waals surface area contributed by atoms with Crippen molar-refractivity contribution in [2.75, 3.05) is 26.4 Å². The first-order valence-corrected chi connectivity index (χ1v) is 8.93. The number of carbonyl (C=O) groups excluding carboxylic acids is 1. The minimum atomic E-state index is -1.66. The van der Waals surface area contributed by atoms with Crippen LogP contribution in [0.4, 0.5) is 0 Å². The van der Waals surface area contributed by atoms with Crippen molar-refractivity contribution in [1.29, 1.82) is 0 Å². The van der Waals surface area contributed by atoms with Gasteiger partial charge in [0.25, 0.3) is 0 Å². The normalized spacial score (nSPS) is 12.6. The van der Waals surface area contributed by atoms with Crippen LogP contribution in [0.5, 0.6) is 0 Å². The highest BCUT2D eigenvalue weighted by Gasteiger charge is 2.36. The minimum absolute atomic E-state index is 0.227. The molecule has 17 heavy (non-hydrogen) atoms. The average molecular weight is 262 g/mol. The van der Waals surface area contributed by atoms with Crippen LogP contribution in [0.3, 0.4) is 0 Å². The van der Waals surface area contributed by atoms with E-state index in [1.54, 1.807) is 0 Å². The largest absolute Gasteiger partial charge is 0.463 e. The molecule has 0 aromatic carbocycles. The quantitative estimate of drug-likeness (QED) is 0.402. The van der Waals surface area contributed by atoms with E-state index in [9.17, 15) is 4.79 Å². The smallest absolute Gasteiger partial charge is 0.302 e. The van der Waals surface area contributed by atoms with Gasteiger partial charge in [-0.3, -0.25) is 4.79 Å². The van der Waals surface area contributed by atoms with E-state index in [2.05, 4.69) is 33.9 Å². The van der Waals surface area contributed by atoms with Gasteiger partial charge in [-0.1, -0.05) is 20.8 Å². The van der Waals surface area contributed by atoms with Gasteiger partial charge in [0, 0.05) is 6.92 Å². The van der Waals surface area contributed by atoms with Crippen LogP contribution in [-0.4, -0.2) is 40.7 Å². The topological polar surface area (TPSA) is 44.8 Å². The van der Waals surface area contributed by atoms with Crippen molar-refractivity contribution in [3.05, 3.63) is 0 Å². The van der Waals surface area contributed by atoms with Crippen molar-refractivity contribution in [1.82, 2.24) is 0 Å². The third-order valence-electron chi connectivity index (χ3n) is 3.03. The van der Waals surface area contributed by atoms with Gasteiger partial charge >= 0.3 is 5.97 Å². The van der Waals surface area contributed by atoms with Crippen LogP contribution in [0.2, 0.25) is 18.1 Å². The Labute approximate surface area is 106 Å². The second-order valence-electron chi connectivity index (χ2n) is 5.56. The Morgan fingerprint density at radius 2 is 1.59 bits per heavy atom. The summed E-state index contributed by atoms with van der Waals surface area (Å²) in [5.41, 5.74) is 0. The Kier molecular flexibility index (Phi) is 6.97. The van der Waals surface area contributed by atoms with Crippen molar-refractivity contribution < 1.29 is 18.7 Å². The van der Waals surface area contributed by atoms with Crippen LogP contribution in [0.15, 0.2) is 0 Å². The van der Waals surface area contributed by atoms with Crippen LogP contribution in [-0.2, 0) is 18.7 Å². The van der Waals surface area contributed by atoms with Gasteiger partial charge in [0.1, 0.15) is 6.61 Å². The van der Waals surface area contributed by atoms with E-state index in [-0.39, 0.29) is 11.0 Å². The number of hydrogen-bond acceptors (Lipinski definition) is 4. The number of ether oxygens (including phenoxy) is 2. The van der Waals surface area contributed by atoms with Crippen LogP contribution < -0.4 is 0 Å². The lowest BCUT2D eigenvalue weighted by atomic mass is 10.2. The monoisotopic (exact) mass is 262 g/mol. The molecule has 0 heterocycles. The molecule has 0 saturated heterocycles. The maximum absolute atomic E-state index is 10.5. The molecule has 0 aliphatic rings. The van der Waals surface area contributed by atoms with E-state index in [0.29, 0.717) is 26.4 Å². The van der Waals surface area contributed by atoms with E-state index in [0.717, 1.165) is 0 Å². The molecule has 0 amide bonds. The fraction of sp³-hybridized carbons (Fsp3) is 0.917. The summed E-state index contributed by atoms with van der Waals surface area (Å²) in [5.74, 6) is -0.272. The average Bonchev–Trinajstić information content (AvgIpc) is 2.13. The number of esters is 1. The fourth-order valence-electron chi connectivity index (χ4n) is 0.919. The van der Waals surface area contributed by atoms with Crippen molar-refractivity contribution in [2.45, 2.75) is 45.8 Å². The molecule has 0 aromatic rings. The summed E-state index contributed by atoms with van der Waals surface area (Å²) < 4.78 is 16.0. The van der Waals surface area contributed by atoms with Gasteiger partial charge in [0.2, 0.25) is 0 Å². The predicted octanol–water partition coefficient (Wildman–Crippen LogP) is 2.59. The zero-order valence-electron chi connectivity index (χ0n) is 12.0. The fourth-order valence-corrected chi connectivity index (χ4v) is 1.95. The lowest BCUT2D eigenvalue weighted by Crippen LogP contribution is -2.41. The maximum Gasteiger partial charge on any atom is 0.302 e. The molecule has 102 valence electrons. The van der Waals surface area contributed by atoms with Gasteiger partial charge < -0.3 is 13.9 Å². The summed E-state index contributed by atoms with van der Waals surface area (Å²) in [6.07, 6.45) is 0. The third kappa shape index (κ3) is 7.52. The second-order valence-corrected chi connectivity index (χ2v) is 10.4. The molecule has 0 aliphatic heterocycles. The molecule has 0 bridgehead atoms. The number of rotatable bonds is 7. The lowest BCUT2D eigenvalue weighted by molar-refractivity contribution is -0.142. The molecule has 0 fully saturated rings. The summed E-state index contributed by atoms with van der Waals surface area (Å²) in [6.45, 7) is 14.3. The first-order valence-electron chi connectivity index (χ1n) is 6.02. The Morgan fingerprint density at radius 1 is 1.06 bits per heavy atom. The van der Waals surface area contributed by atoms with Crippen LogP contribution in [0.25, 0.3) is 0 Å². The third-order valence-corrected chi connectivity index (χ3v) is 7.57. The van der Waals surface area contributed by atoms with Gasteiger partial charge in [0.15, 0.2) is 8.32 Å². The first kappa shape index (κ1) is 16.6. The zero-order chi connectivity index (χ0) is 13.5. The van der Waals surface area contributed by atoms with Gasteiger partial charge in [0.05, 0.1) is 19.8 Å². The van der Waals surface area contributed by atoms with Crippen LogP contribution in [0, 0.1) is 0 Å². The van der Waals surface area contributed by atoms with E-state index in [1.165, 1.54) is 6.92 Å². The molecule has 0 unspecified atom stereocenters. The lowest BCUT2D eigenvalue weighted by Gasteiger charge is -2.36. The molecular formula is C12H26O4Si. The molecule has 0 spiro atoms. The molecule has 5 heteroatoms. The molecule has 0 aliphatic carbocycles. The molecule has 0 saturated carbocycles. The van der Waals surface area contributed by atoms with E-state index in [4.69, 9.17) is 13.9 Å². The van der Waals surface area contributed by atoms with E-state index >= 15 is 0 Å². The Hall–Kier alpha value is -0.393. The van der Waals surface area contributed by atoms with Gasteiger partial charge in [-0.25, -0.2) is 0 Å². The molecule has 0 N–H and O–H groups in total. The number of hydrogen-bond donors (Lipinski definition) is 0. The Morgan fingerprint density at radius 3 is 2.06 bits per heavy atom. The summed E-state index contributed by atoms with van der Waals surface area (Å²) in [5, 5.41) is 0.227. The molecule has 0 rings (SSSR count). The molecular weight excluding hydrogens is 236 g/mol. The summed E-state index contributed by atoms with van der Waals surface area (Å²) in [7, 11) is -1.66. The van der Waals surface area contributed by atoms with Gasteiger partial charge in [-0.2, -0.15) is 0 Å². The standard InChI is InChI=1S/C12H26O4Si/c1-11(13)15-9-7-14-8-10-16-17(5,6)12(2,3)4/h7-10H2,1-6H3. The van der Waals surface area contributed by atoms with Gasteiger partial charge in [-0.15, -0.1) is 0 Å². The van der Waals surface area contributed by atoms with E-state index in [1.807, 2.05) is 0 Å². The van der Waals surface area contributed by atoms with Crippen LogP contribution in [0.1, 0.15) is 27.7 Å². The Bertz CT molecular complexity index is 233. The maximum atomic E-state index is 10.5. The highest BCUT2D eigenvalue weighted by molar-refractivity contribution is 6.74. The first-order chi connectivity index (χ1) is 7.67. The van der Waals surface area contributed by atoms with Crippen molar-refractivity contribution in [2.24, 2.45) is 0 Å². The second kappa shape index (κ2) is 7.13. The van der Waals surface area contributed by atoms with Gasteiger partial charge in [-0.05, 0) is 18.1 Å². The molecule has 0 atom stereocenters.